The first-order valence-electron chi connectivity index (χ1n) is 7.13. The minimum atomic E-state index is 0.250. The van der Waals surface area contributed by atoms with Gasteiger partial charge in [0.2, 0.25) is 0 Å². The summed E-state index contributed by atoms with van der Waals surface area (Å²) in [6, 6.07) is 9.21. The lowest BCUT2D eigenvalue weighted by Gasteiger charge is -2.35. The molecule has 1 heterocycles. The van der Waals surface area contributed by atoms with E-state index in [-0.39, 0.29) is 6.61 Å². The molecule has 2 rings (SSSR count). The average molecular weight is 280 g/mol. The van der Waals surface area contributed by atoms with E-state index in [4.69, 9.17) is 0 Å². The van der Waals surface area contributed by atoms with Gasteiger partial charge in [0.25, 0.3) is 0 Å². The molecule has 1 aliphatic heterocycles. The zero-order valence-electron chi connectivity index (χ0n) is 11.6. The molecule has 0 amide bonds. The number of thioether (sulfide) groups is 1. The van der Waals surface area contributed by atoms with E-state index < -0.39 is 0 Å². The molecular weight excluding hydrogens is 256 g/mol. The summed E-state index contributed by atoms with van der Waals surface area (Å²) in [5, 5.41) is 12.7. The Morgan fingerprint density at radius 1 is 1.26 bits per heavy atom. The molecule has 1 fully saturated rings. The van der Waals surface area contributed by atoms with E-state index >= 15 is 0 Å². The molecule has 1 aromatic carbocycles. The highest BCUT2D eigenvalue weighted by atomic mass is 32.2. The van der Waals surface area contributed by atoms with Gasteiger partial charge in [-0.25, -0.2) is 0 Å². The van der Waals surface area contributed by atoms with E-state index in [9.17, 15) is 5.11 Å². The molecular formula is C15H24N2OS. The Morgan fingerprint density at radius 3 is 2.53 bits per heavy atom. The van der Waals surface area contributed by atoms with Gasteiger partial charge in [-0.15, -0.1) is 11.8 Å². The third-order valence-corrected chi connectivity index (χ3v) is 4.46. The number of aliphatic hydroxyl groups excluding tert-OH is 1. The minimum Gasteiger partial charge on any atom is -0.396 e. The van der Waals surface area contributed by atoms with Crippen LogP contribution in [0, 0.1) is 0 Å². The molecule has 0 spiro atoms. The molecule has 19 heavy (non-hydrogen) atoms. The van der Waals surface area contributed by atoms with Gasteiger partial charge in [-0.2, -0.15) is 0 Å². The lowest BCUT2D eigenvalue weighted by Crippen LogP contribution is -2.45. The van der Waals surface area contributed by atoms with Crippen LogP contribution in [-0.2, 0) is 0 Å². The molecule has 0 radical (unpaired) electrons. The molecule has 2 N–H and O–H groups in total. The van der Waals surface area contributed by atoms with Crippen molar-refractivity contribution in [2.45, 2.75) is 24.3 Å². The van der Waals surface area contributed by atoms with Crippen LogP contribution in [0.25, 0.3) is 0 Å². The van der Waals surface area contributed by atoms with E-state index in [2.05, 4.69) is 41.4 Å². The van der Waals surface area contributed by atoms with Crippen LogP contribution in [0.4, 0.5) is 0 Å². The number of hydrogen-bond donors (Lipinski definition) is 2. The SMILES string of the molecule is CCSc1ccc([C@H](CCO)N2CCNCC2)cc1. The van der Waals surface area contributed by atoms with E-state index in [0.717, 1.165) is 38.4 Å². The summed E-state index contributed by atoms with van der Waals surface area (Å²) in [4.78, 5) is 3.81. The molecule has 0 bridgehead atoms. The van der Waals surface area contributed by atoms with Crippen LogP contribution in [0.2, 0.25) is 0 Å². The van der Waals surface area contributed by atoms with Gasteiger partial charge >= 0.3 is 0 Å². The maximum absolute atomic E-state index is 9.32. The Hall–Kier alpha value is -0.550. The predicted octanol–water partition coefficient (Wildman–Crippen LogP) is 2.13. The fourth-order valence-electron chi connectivity index (χ4n) is 2.63. The van der Waals surface area contributed by atoms with E-state index in [1.165, 1.54) is 10.5 Å². The van der Waals surface area contributed by atoms with Crippen molar-refractivity contribution < 1.29 is 5.11 Å². The van der Waals surface area contributed by atoms with Crippen molar-refractivity contribution in [3.63, 3.8) is 0 Å². The largest absolute Gasteiger partial charge is 0.396 e. The van der Waals surface area contributed by atoms with Crippen molar-refractivity contribution in [3.8, 4) is 0 Å². The first-order chi connectivity index (χ1) is 9.35. The summed E-state index contributed by atoms with van der Waals surface area (Å²) in [5.74, 6) is 1.11. The van der Waals surface area contributed by atoms with Gasteiger partial charge in [0.15, 0.2) is 0 Å². The summed E-state index contributed by atoms with van der Waals surface area (Å²) in [7, 11) is 0. The second-order valence-electron chi connectivity index (χ2n) is 4.82. The fraction of sp³-hybridized carbons (Fsp3) is 0.600. The molecule has 1 saturated heterocycles. The van der Waals surface area contributed by atoms with Gasteiger partial charge in [0, 0.05) is 43.7 Å². The van der Waals surface area contributed by atoms with Crippen molar-refractivity contribution in [1.82, 2.24) is 10.2 Å². The molecule has 1 aromatic rings. The first kappa shape index (κ1) is 14.9. The monoisotopic (exact) mass is 280 g/mol. The van der Waals surface area contributed by atoms with E-state index in [0.29, 0.717) is 6.04 Å². The van der Waals surface area contributed by atoms with Crippen molar-refractivity contribution in [3.05, 3.63) is 29.8 Å². The van der Waals surface area contributed by atoms with Crippen LogP contribution in [0.3, 0.4) is 0 Å². The summed E-state index contributed by atoms with van der Waals surface area (Å²) in [5.41, 5.74) is 1.33. The maximum atomic E-state index is 9.32. The fourth-order valence-corrected chi connectivity index (χ4v) is 3.29. The number of benzene rings is 1. The van der Waals surface area contributed by atoms with Gasteiger partial charge in [-0.1, -0.05) is 19.1 Å². The second-order valence-corrected chi connectivity index (χ2v) is 6.15. The Bertz CT molecular complexity index is 363. The Labute approximate surface area is 120 Å². The Kier molecular flexibility index (Phi) is 6.17. The maximum Gasteiger partial charge on any atom is 0.0449 e. The Balaban J connectivity index is 2.08. The normalized spacial score (nSPS) is 18.4. The lowest BCUT2D eigenvalue weighted by molar-refractivity contribution is 0.141. The number of piperazine rings is 1. The molecule has 1 aliphatic rings. The van der Waals surface area contributed by atoms with Crippen LogP contribution in [0.15, 0.2) is 29.2 Å². The highest BCUT2D eigenvalue weighted by molar-refractivity contribution is 7.99. The van der Waals surface area contributed by atoms with Crippen molar-refractivity contribution in [1.29, 1.82) is 0 Å². The zero-order valence-corrected chi connectivity index (χ0v) is 12.5. The van der Waals surface area contributed by atoms with Crippen LogP contribution in [-0.4, -0.2) is 48.5 Å². The molecule has 4 heteroatoms. The molecule has 0 unspecified atom stereocenters. The summed E-state index contributed by atoms with van der Waals surface area (Å²) in [6.07, 6.45) is 0.820. The Morgan fingerprint density at radius 2 is 1.95 bits per heavy atom. The van der Waals surface area contributed by atoms with Gasteiger partial charge in [0.1, 0.15) is 0 Å². The van der Waals surface area contributed by atoms with Crippen LogP contribution >= 0.6 is 11.8 Å². The minimum absolute atomic E-state index is 0.250. The van der Waals surface area contributed by atoms with Gasteiger partial charge < -0.3 is 10.4 Å². The average Bonchev–Trinajstić information content (AvgIpc) is 2.47. The van der Waals surface area contributed by atoms with Crippen molar-refractivity contribution in [2.75, 3.05) is 38.5 Å². The number of hydrogen-bond acceptors (Lipinski definition) is 4. The number of nitrogens with zero attached hydrogens (tertiary/aromatic N) is 1. The van der Waals surface area contributed by atoms with E-state index in [1.807, 2.05) is 11.8 Å². The van der Waals surface area contributed by atoms with Gasteiger partial charge in [0.05, 0.1) is 0 Å². The summed E-state index contributed by atoms with van der Waals surface area (Å²) < 4.78 is 0. The summed E-state index contributed by atoms with van der Waals surface area (Å²) >= 11 is 1.87. The molecule has 0 aliphatic carbocycles. The molecule has 0 aromatic heterocycles. The van der Waals surface area contributed by atoms with E-state index in [1.54, 1.807) is 0 Å². The summed E-state index contributed by atoms with van der Waals surface area (Å²) in [6.45, 7) is 6.65. The van der Waals surface area contributed by atoms with Crippen LogP contribution in [0.5, 0.6) is 0 Å². The lowest BCUT2D eigenvalue weighted by atomic mass is 10.0. The zero-order chi connectivity index (χ0) is 13.5. The number of rotatable bonds is 6. The number of aliphatic hydroxyl groups is 1. The molecule has 106 valence electrons. The molecule has 0 saturated carbocycles. The predicted molar refractivity (Wildman–Crippen MR) is 81.7 cm³/mol. The first-order valence-corrected chi connectivity index (χ1v) is 8.12. The van der Waals surface area contributed by atoms with Gasteiger partial charge in [-0.3, -0.25) is 4.90 Å². The third-order valence-electron chi connectivity index (χ3n) is 3.57. The highest BCUT2D eigenvalue weighted by Gasteiger charge is 2.21. The van der Waals surface area contributed by atoms with Crippen LogP contribution < -0.4 is 5.32 Å². The smallest absolute Gasteiger partial charge is 0.0449 e. The quantitative estimate of drug-likeness (QED) is 0.783. The standard InChI is InChI=1S/C15H24N2OS/c1-2-19-14-5-3-13(4-6-14)15(7-12-18)17-10-8-16-9-11-17/h3-6,15-16,18H,2,7-12H2,1H3/t15-/m0/s1. The number of nitrogens with one attached hydrogen (secondary N) is 1. The van der Waals surface area contributed by atoms with Crippen LogP contribution in [0.1, 0.15) is 24.9 Å². The van der Waals surface area contributed by atoms with Crippen molar-refractivity contribution in [2.24, 2.45) is 0 Å². The van der Waals surface area contributed by atoms with Gasteiger partial charge in [-0.05, 0) is 29.9 Å². The highest BCUT2D eigenvalue weighted by Crippen LogP contribution is 2.27. The topological polar surface area (TPSA) is 35.5 Å². The second kappa shape index (κ2) is 7.90. The third kappa shape index (κ3) is 4.21. The molecule has 1 atom stereocenters. The molecule has 3 nitrogen and oxygen atoms in total. The van der Waals surface area contributed by atoms with Crippen molar-refractivity contribution >= 4 is 11.8 Å².